The fraction of sp³-hybridized carbons (Fsp3) is 0.250. The van der Waals surface area contributed by atoms with E-state index in [1.807, 2.05) is 54.6 Å². The van der Waals surface area contributed by atoms with E-state index in [0.717, 1.165) is 42.9 Å². The summed E-state index contributed by atoms with van der Waals surface area (Å²) < 4.78 is 1.68. The van der Waals surface area contributed by atoms with E-state index in [1.54, 1.807) is 11.0 Å². The molecule has 1 aliphatic heterocycles. The number of hydrogen-bond donors (Lipinski definition) is 1. The summed E-state index contributed by atoms with van der Waals surface area (Å²) in [6.45, 7) is 1.91. The standard InChI is InChI=1S/C20H21N5O/c26-20(19(24-12-4-5-13-24)16-6-2-1-3-7-16)23-17-8-10-18(11-9-17)25-15-21-14-22-25/h1-3,6-11,14-15,19H,4-5,12-13H2,(H,23,26)/t19-/m1/s1. The van der Waals surface area contributed by atoms with Crippen LogP contribution in [0.1, 0.15) is 24.4 Å². The van der Waals surface area contributed by atoms with E-state index in [4.69, 9.17) is 0 Å². The van der Waals surface area contributed by atoms with Crippen molar-refractivity contribution >= 4 is 11.6 Å². The van der Waals surface area contributed by atoms with E-state index >= 15 is 0 Å². The Labute approximate surface area is 152 Å². The zero-order chi connectivity index (χ0) is 17.8. The van der Waals surface area contributed by atoms with Crippen molar-refractivity contribution in [1.29, 1.82) is 0 Å². The van der Waals surface area contributed by atoms with Crippen LogP contribution >= 0.6 is 0 Å². The van der Waals surface area contributed by atoms with Gasteiger partial charge in [0.15, 0.2) is 0 Å². The molecule has 0 bridgehead atoms. The topological polar surface area (TPSA) is 63.1 Å². The first kappa shape index (κ1) is 16.5. The van der Waals surface area contributed by atoms with Crippen molar-refractivity contribution in [2.75, 3.05) is 18.4 Å². The maximum absolute atomic E-state index is 13.0. The molecular weight excluding hydrogens is 326 g/mol. The minimum atomic E-state index is -0.256. The molecule has 3 aromatic rings. The number of anilines is 1. The largest absolute Gasteiger partial charge is 0.324 e. The summed E-state index contributed by atoms with van der Waals surface area (Å²) in [4.78, 5) is 19.2. The van der Waals surface area contributed by atoms with Gasteiger partial charge in [-0.1, -0.05) is 30.3 Å². The van der Waals surface area contributed by atoms with Gasteiger partial charge >= 0.3 is 0 Å². The molecule has 4 rings (SSSR count). The molecule has 6 nitrogen and oxygen atoms in total. The molecule has 1 aliphatic rings. The zero-order valence-electron chi connectivity index (χ0n) is 14.5. The Bertz CT molecular complexity index is 840. The van der Waals surface area contributed by atoms with E-state index in [2.05, 4.69) is 20.3 Å². The van der Waals surface area contributed by atoms with Gasteiger partial charge in [0.25, 0.3) is 0 Å². The van der Waals surface area contributed by atoms with Crippen LogP contribution in [-0.2, 0) is 4.79 Å². The molecule has 26 heavy (non-hydrogen) atoms. The molecular formula is C20H21N5O. The number of amides is 1. The Kier molecular flexibility index (Phi) is 4.75. The van der Waals surface area contributed by atoms with Gasteiger partial charge in [0, 0.05) is 5.69 Å². The Hall–Kier alpha value is -2.99. The van der Waals surface area contributed by atoms with E-state index in [-0.39, 0.29) is 11.9 Å². The van der Waals surface area contributed by atoms with Gasteiger partial charge in [0.2, 0.25) is 5.91 Å². The summed E-state index contributed by atoms with van der Waals surface area (Å²) >= 11 is 0. The van der Waals surface area contributed by atoms with Gasteiger partial charge in [-0.2, -0.15) is 5.10 Å². The number of benzene rings is 2. The van der Waals surface area contributed by atoms with Crippen molar-refractivity contribution in [2.24, 2.45) is 0 Å². The summed E-state index contributed by atoms with van der Waals surface area (Å²) in [7, 11) is 0. The average molecular weight is 347 g/mol. The second-order valence-electron chi connectivity index (χ2n) is 6.43. The number of nitrogens with zero attached hydrogens (tertiary/aromatic N) is 4. The quantitative estimate of drug-likeness (QED) is 0.770. The van der Waals surface area contributed by atoms with Gasteiger partial charge in [-0.25, -0.2) is 9.67 Å². The maximum Gasteiger partial charge on any atom is 0.246 e. The Morgan fingerprint density at radius 2 is 1.73 bits per heavy atom. The molecule has 0 saturated carbocycles. The van der Waals surface area contributed by atoms with Crippen molar-refractivity contribution in [3.05, 3.63) is 72.8 Å². The molecule has 1 saturated heterocycles. The fourth-order valence-corrected chi connectivity index (χ4v) is 3.41. The molecule has 2 heterocycles. The van der Waals surface area contributed by atoms with Gasteiger partial charge in [0.1, 0.15) is 18.7 Å². The van der Waals surface area contributed by atoms with Crippen LogP contribution in [0.3, 0.4) is 0 Å². The summed E-state index contributed by atoms with van der Waals surface area (Å²) in [5.41, 5.74) is 2.71. The second kappa shape index (κ2) is 7.49. The van der Waals surface area contributed by atoms with Gasteiger partial charge in [0.05, 0.1) is 5.69 Å². The van der Waals surface area contributed by atoms with Crippen LogP contribution in [0, 0.1) is 0 Å². The van der Waals surface area contributed by atoms with Crippen LogP contribution < -0.4 is 5.32 Å². The molecule has 132 valence electrons. The lowest BCUT2D eigenvalue weighted by Crippen LogP contribution is -2.35. The van der Waals surface area contributed by atoms with Crippen molar-refractivity contribution < 1.29 is 4.79 Å². The number of likely N-dealkylation sites (tertiary alicyclic amines) is 1. The van der Waals surface area contributed by atoms with Crippen LogP contribution in [0.15, 0.2) is 67.3 Å². The first-order chi connectivity index (χ1) is 12.8. The van der Waals surface area contributed by atoms with Crippen molar-refractivity contribution in [2.45, 2.75) is 18.9 Å². The van der Waals surface area contributed by atoms with Gasteiger partial charge < -0.3 is 5.32 Å². The average Bonchev–Trinajstić information content (AvgIpc) is 3.38. The number of nitrogens with one attached hydrogen (secondary N) is 1. The Morgan fingerprint density at radius 3 is 2.38 bits per heavy atom. The minimum absolute atomic E-state index is 0.00612. The lowest BCUT2D eigenvalue weighted by molar-refractivity contribution is -0.121. The Morgan fingerprint density at radius 1 is 1.00 bits per heavy atom. The van der Waals surface area contributed by atoms with Gasteiger partial charge in [-0.05, 0) is 55.8 Å². The van der Waals surface area contributed by atoms with Crippen molar-refractivity contribution in [3.63, 3.8) is 0 Å². The highest BCUT2D eigenvalue weighted by Crippen LogP contribution is 2.26. The highest BCUT2D eigenvalue weighted by Gasteiger charge is 2.29. The van der Waals surface area contributed by atoms with Crippen LogP contribution in [0.2, 0.25) is 0 Å². The second-order valence-corrected chi connectivity index (χ2v) is 6.43. The van der Waals surface area contributed by atoms with Crippen LogP contribution in [-0.4, -0.2) is 38.7 Å². The maximum atomic E-state index is 13.0. The predicted molar refractivity (Wildman–Crippen MR) is 100.0 cm³/mol. The lowest BCUT2D eigenvalue weighted by Gasteiger charge is -2.27. The SMILES string of the molecule is O=C(Nc1ccc(-n2cncn2)cc1)[C@@H](c1ccccc1)N1CCCC1. The third-order valence-electron chi connectivity index (χ3n) is 4.69. The fourth-order valence-electron chi connectivity index (χ4n) is 3.41. The molecule has 1 atom stereocenters. The summed E-state index contributed by atoms with van der Waals surface area (Å²) in [6, 6.07) is 17.3. The third kappa shape index (κ3) is 3.50. The number of carbonyl (C=O) groups is 1. The minimum Gasteiger partial charge on any atom is -0.324 e. The highest BCUT2D eigenvalue weighted by atomic mass is 16.2. The lowest BCUT2D eigenvalue weighted by atomic mass is 10.0. The molecule has 6 heteroatoms. The summed E-state index contributed by atoms with van der Waals surface area (Å²) in [5, 5.41) is 7.17. The van der Waals surface area contributed by atoms with E-state index in [1.165, 1.54) is 6.33 Å². The molecule has 1 N–H and O–H groups in total. The summed E-state index contributed by atoms with van der Waals surface area (Å²) in [5.74, 6) is 0.00612. The highest BCUT2D eigenvalue weighted by molar-refractivity contribution is 5.95. The number of carbonyl (C=O) groups excluding carboxylic acids is 1. The van der Waals surface area contributed by atoms with Crippen LogP contribution in [0.5, 0.6) is 0 Å². The number of aromatic nitrogens is 3. The van der Waals surface area contributed by atoms with Crippen LogP contribution in [0.25, 0.3) is 5.69 Å². The molecule has 1 fully saturated rings. The zero-order valence-corrected chi connectivity index (χ0v) is 14.5. The van der Waals surface area contributed by atoms with Crippen molar-refractivity contribution in [3.8, 4) is 5.69 Å². The molecule has 0 unspecified atom stereocenters. The van der Waals surface area contributed by atoms with E-state index in [9.17, 15) is 4.79 Å². The molecule has 2 aromatic carbocycles. The van der Waals surface area contributed by atoms with Gasteiger partial charge in [-0.15, -0.1) is 0 Å². The molecule has 0 radical (unpaired) electrons. The van der Waals surface area contributed by atoms with Gasteiger partial charge in [-0.3, -0.25) is 9.69 Å². The normalized spacial score (nSPS) is 15.7. The van der Waals surface area contributed by atoms with E-state index in [0.29, 0.717) is 0 Å². The molecule has 0 aliphatic carbocycles. The number of hydrogen-bond acceptors (Lipinski definition) is 4. The monoisotopic (exact) mass is 347 g/mol. The van der Waals surface area contributed by atoms with Crippen LogP contribution in [0.4, 0.5) is 5.69 Å². The molecule has 1 amide bonds. The van der Waals surface area contributed by atoms with E-state index < -0.39 is 0 Å². The van der Waals surface area contributed by atoms with Crippen molar-refractivity contribution in [1.82, 2.24) is 19.7 Å². The first-order valence-corrected chi connectivity index (χ1v) is 8.86. The smallest absolute Gasteiger partial charge is 0.246 e. The molecule has 0 spiro atoms. The first-order valence-electron chi connectivity index (χ1n) is 8.86. The number of rotatable bonds is 5. The molecule has 1 aromatic heterocycles. The Balaban J connectivity index is 1.52. The predicted octanol–water partition coefficient (Wildman–Crippen LogP) is 3.04. The summed E-state index contributed by atoms with van der Waals surface area (Å²) in [6.07, 6.45) is 5.43. The third-order valence-corrected chi connectivity index (χ3v) is 4.69.